The van der Waals surface area contributed by atoms with Crippen molar-refractivity contribution in [1.29, 1.82) is 0 Å². The normalized spacial score (nSPS) is 13.3. The molecule has 0 radical (unpaired) electrons. The summed E-state index contributed by atoms with van der Waals surface area (Å²) in [5, 5.41) is 0. The molecule has 0 aromatic heterocycles. The number of nitrogens with zero attached hydrogens (tertiary/aromatic N) is 2. The highest BCUT2D eigenvalue weighted by Gasteiger charge is 2.32. The summed E-state index contributed by atoms with van der Waals surface area (Å²) in [5.74, 6) is -0.345. The highest BCUT2D eigenvalue weighted by atomic mass is 16.2. The smallest absolute Gasteiger partial charge is 0.234 e. The molecule has 1 fully saturated rings. The summed E-state index contributed by atoms with van der Waals surface area (Å²) in [6, 6.07) is 5.38. The predicted octanol–water partition coefficient (Wildman–Crippen LogP) is 4.53. The Hall–Kier alpha value is -2.49. The number of imide groups is 1. The largest absolute Gasteiger partial charge is 0.274 e. The third-order valence-corrected chi connectivity index (χ3v) is 2.82. The van der Waals surface area contributed by atoms with Crippen LogP contribution in [0.5, 0.6) is 0 Å². The molecule has 0 aliphatic carbocycles. The van der Waals surface area contributed by atoms with E-state index in [4.69, 9.17) is 0 Å². The molecule has 118 valence electrons. The Morgan fingerprint density at radius 1 is 1.14 bits per heavy atom. The van der Waals surface area contributed by atoms with Gasteiger partial charge in [-0.05, 0) is 13.0 Å². The first-order chi connectivity index (χ1) is 10.7. The first-order valence-corrected chi connectivity index (χ1v) is 7.29. The quantitative estimate of drug-likeness (QED) is 0.467. The van der Waals surface area contributed by atoms with Gasteiger partial charge in [-0.25, -0.2) is 4.90 Å². The van der Waals surface area contributed by atoms with Crippen LogP contribution in [0.3, 0.4) is 0 Å². The van der Waals surface area contributed by atoms with Gasteiger partial charge in [-0.15, -0.1) is 13.2 Å². The fraction of sp³-hybridized carbons (Fsp3) is 0.278. The van der Waals surface area contributed by atoms with Crippen molar-refractivity contribution in [1.82, 2.24) is 0 Å². The van der Waals surface area contributed by atoms with Crippen molar-refractivity contribution >= 4 is 35.5 Å². The molecular formula is C18H24N2O2. The molecule has 4 heteroatoms. The Labute approximate surface area is 132 Å². The van der Waals surface area contributed by atoms with Gasteiger partial charge in [-0.3, -0.25) is 14.6 Å². The molecule has 0 spiro atoms. The zero-order valence-corrected chi connectivity index (χ0v) is 13.6. The number of carbonyl (C=O) groups excluding carboxylic acids is 2. The van der Waals surface area contributed by atoms with Crippen LogP contribution in [-0.2, 0) is 9.59 Å². The number of hydrogen-bond acceptors (Lipinski definition) is 3. The van der Waals surface area contributed by atoms with Crippen molar-refractivity contribution in [2.45, 2.75) is 33.6 Å². The van der Waals surface area contributed by atoms with Gasteiger partial charge in [0.1, 0.15) is 0 Å². The van der Waals surface area contributed by atoms with Gasteiger partial charge in [0, 0.05) is 24.6 Å². The van der Waals surface area contributed by atoms with Crippen molar-refractivity contribution in [2.24, 2.45) is 4.99 Å². The Kier molecular flexibility index (Phi) is 9.11. The van der Waals surface area contributed by atoms with Gasteiger partial charge in [0.15, 0.2) is 0 Å². The molecule has 1 saturated heterocycles. The minimum Gasteiger partial charge on any atom is -0.274 e. The lowest BCUT2D eigenvalue weighted by Crippen LogP contribution is -2.28. The summed E-state index contributed by atoms with van der Waals surface area (Å²) < 4.78 is 0. The lowest BCUT2D eigenvalue weighted by molar-refractivity contribution is -0.121. The van der Waals surface area contributed by atoms with Crippen molar-refractivity contribution in [3.63, 3.8) is 0 Å². The molecule has 0 unspecified atom stereocenters. The van der Waals surface area contributed by atoms with Crippen molar-refractivity contribution < 1.29 is 9.59 Å². The van der Waals surface area contributed by atoms with Crippen LogP contribution in [0.2, 0.25) is 0 Å². The highest BCUT2D eigenvalue weighted by molar-refractivity contribution is 6.21. The van der Waals surface area contributed by atoms with Gasteiger partial charge >= 0.3 is 0 Å². The van der Waals surface area contributed by atoms with E-state index in [-0.39, 0.29) is 24.7 Å². The number of carbonyl (C=O) groups is 2. The monoisotopic (exact) mass is 300 g/mol. The van der Waals surface area contributed by atoms with E-state index in [0.29, 0.717) is 11.4 Å². The van der Waals surface area contributed by atoms with Crippen LogP contribution >= 0.6 is 0 Å². The molecular weight excluding hydrogens is 276 g/mol. The standard InChI is InChI=1S/C14H14N2O2.C2H6.C2H4/c1-3-10-6-5-7-11(14(10)15-4-2)16-12(17)8-9-13(16)18;2*1-2/h3-7H,1,8-9H2,2H3;1-2H3;1-2H2. The van der Waals surface area contributed by atoms with E-state index < -0.39 is 0 Å². The lowest BCUT2D eigenvalue weighted by atomic mass is 10.1. The average molecular weight is 300 g/mol. The first kappa shape index (κ1) is 19.5. The van der Waals surface area contributed by atoms with Gasteiger partial charge in [-0.2, -0.15) is 0 Å². The highest BCUT2D eigenvalue weighted by Crippen LogP contribution is 2.35. The minimum atomic E-state index is -0.172. The molecule has 1 aliphatic heterocycles. The number of anilines is 1. The summed E-state index contributed by atoms with van der Waals surface area (Å²) >= 11 is 0. The molecule has 0 bridgehead atoms. The molecule has 22 heavy (non-hydrogen) atoms. The number of aliphatic imine (C=N–C) groups is 1. The van der Waals surface area contributed by atoms with Crippen molar-refractivity contribution in [3.8, 4) is 0 Å². The Bertz CT molecular complexity index is 546. The van der Waals surface area contributed by atoms with Crippen LogP contribution in [0.1, 0.15) is 39.2 Å². The van der Waals surface area contributed by atoms with Crippen LogP contribution in [0.4, 0.5) is 11.4 Å². The van der Waals surface area contributed by atoms with E-state index in [1.54, 1.807) is 31.3 Å². The van der Waals surface area contributed by atoms with Crippen LogP contribution in [0.25, 0.3) is 6.08 Å². The second-order valence-electron chi connectivity index (χ2n) is 3.93. The van der Waals surface area contributed by atoms with E-state index in [1.165, 1.54) is 4.90 Å². The maximum atomic E-state index is 11.8. The van der Waals surface area contributed by atoms with Crippen molar-refractivity contribution in [2.75, 3.05) is 4.90 Å². The van der Waals surface area contributed by atoms with E-state index >= 15 is 0 Å². The van der Waals surface area contributed by atoms with Crippen LogP contribution in [-0.4, -0.2) is 18.0 Å². The number of para-hydroxylation sites is 1. The molecule has 1 aromatic carbocycles. The molecule has 2 rings (SSSR count). The van der Waals surface area contributed by atoms with Crippen LogP contribution < -0.4 is 4.90 Å². The number of rotatable bonds is 3. The van der Waals surface area contributed by atoms with E-state index in [2.05, 4.69) is 24.7 Å². The number of amides is 2. The van der Waals surface area contributed by atoms with Gasteiger partial charge in [0.05, 0.1) is 11.4 Å². The SMILES string of the molecule is C=C.C=Cc1cccc(N2C(=O)CCC2=O)c1N=CC.CC. The zero-order valence-electron chi connectivity index (χ0n) is 13.6. The fourth-order valence-electron chi connectivity index (χ4n) is 2.01. The second-order valence-corrected chi connectivity index (χ2v) is 3.93. The third-order valence-electron chi connectivity index (χ3n) is 2.82. The first-order valence-electron chi connectivity index (χ1n) is 7.29. The van der Waals surface area contributed by atoms with Gasteiger partial charge in [-0.1, -0.05) is 38.6 Å². The van der Waals surface area contributed by atoms with E-state index in [0.717, 1.165) is 5.56 Å². The maximum absolute atomic E-state index is 11.8. The Balaban J connectivity index is 0.00000102. The van der Waals surface area contributed by atoms with Crippen LogP contribution in [0.15, 0.2) is 42.9 Å². The molecule has 2 amide bonds. The summed E-state index contributed by atoms with van der Waals surface area (Å²) in [7, 11) is 0. The minimum absolute atomic E-state index is 0.172. The van der Waals surface area contributed by atoms with Gasteiger partial charge < -0.3 is 0 Å². The molecule has 0 N–H and O–H groups in total. The lowest BCUT2D eigenvalue weighted by Gasteiger charge is -2.17. The summed E-state index contributed by atoms with van der Waals surface area (Å²) in [5.41, 5.74) is 1.95. The summed E-state index contributed by atoms with van der Waals surface area (Å²) in [4.78, 5) is 29.0. The molecule has 0 saturated carbocycles. The Morgan fingerprint density at radius 3 is 2.14 bits per heavy atom. The maximum Gasteiger partial charge on any atom is 0.234 e. The second kappa shape index (κ2) is 10.3. The predicted molar refractivity (Wildman–Crippen MR) is 94.7 cm³/mol. The third kappa shape index (κ3) is 4.25. The molecule has 1 heterocycles. The van der Waals surface area contributed by atoms with Crippen molar-refractivity contribution in [3.05, 3.63) is 43.5 Å². The fourth-order valence-corrected chi connectivity index (χ4v) is 2.01. The van der Waals surface area contributed by atoms with E-state index in [1.807, 2.05) is 19.9 Å². The van der Waals surface area contributed by atoms with Gasteiger partial charge in [0.2, 0.25) is 11.8 Å². The molecule has 0 atom stereocenters. The molecule has 1 aromatic rings. The molecule has 1 aliphatic rings. The topological polar surface area (TPSA) is 49.7 Å². The zero-order chi connectivity index (χ0) is 17.1. The number of benzene rings is 1. The van der Waals surface area contributed by atoms with Crippen LogP contribution in [0, 0.1) is 0 Å². The summed E-state index contributed by atoms with van der Waals surface area (Å²) in [6.45, 7) is 15.5. The van der Waals surface area contributed by atoms with Gasteiger partial charge in [0.25, 0.3) is 0 Å². The average Bonchev–Trinajstić information content (AvgIpc) is 2.90. The molecule has 4 nitrogen and oxygen atoms in total. The van der Waals surface area contributed by atoms with E-state index in [9.17, 15) is 9.59 Å². The Morgan fingerprint density at radius 2 is 1.68 bits per heavy atom. The summed E-state index contributed by atoms with van der Waals surface area (Å²) in [6.07, 6.45) is 3.84. The number of hydrogen-bond donors (Lipinski definition) is 0.